The van der Waals surface area contributed by atoms with Crippen molar-refractivity contribution in [2.75, 3.05) is 13.7 Å². The van der Waals surface area contributed by atoms with Crippen molar-refractivity contribution in [1.82, 2.24) is 0 Å². The van der Waals surface area contributed by atoms with Crippen LogP contribution in [-0.4, -0.2) is 31.8 Å². The fraction of sp³-hybridized carbons (Fsp3) is 0.385. The van der Waals surface area contributed by atoms with Gasteiger partial charge in [-0.1, -0.05) is 30.3 Å². The third kappa shape index (κ3) is 2.19. The first-order chi connectivity index (χ1) is 7.83. The van der Waals surface area contributed by atoms with Crippen molar-refractivity contribution >= 4 is 12.0 Å². The Labute approximate surface area is 95.2 Å². The van der Waals surface area contributed by atoms with Gasteiger partial charge in [-0.15, -0.1) is 0 Å². The first-order valence-corrected chi connectivity index (χ1v) is 5.44. The first kappa shape index (κ1) is 11.0. The van der Waals surface area contributed by atoms with Gasteiger partial charge < -0.3 is 4.74 Å². The molecule has 0 radical (unpaired) electrons. The molecule has 1 aromatic carbocycles. The molecule has 0 aliphatic carbocycles. The summed E-state index contributed by atoms with van der Waals surface area (Å²) in [5.74, 6) is 0.0197. The van der Waals surface area contributed by atoms with Crippen LogP contribution in [0.15, 0.2) is 35.3 Å². The van der Waals surface area contributed by atoms with Gasteiger partial charge in [0.05, 0.1) is 5.92 Å². The Hall–Kier alpha value is -1.48. The van der Waals surface area contributed by atoms with Crippen LogP contribution in [-0.2, 0) is 9.53 Å². The highest BCUT2D eigenvalue weighted by Crippen LogP contribution is 2.23. The Morgan fingerprint density at radius 2 is 2.06 bits per heavy atom. The molecule has 1 aliphatic rings. The van der Waals surface area contributed by atoms with E-state index in [0.29, 0.717) is 13.0 Å². The van der Waals surface area contributed by atoms with Crippen LogP contribution in [0.4, 0.5) is 0 Å². The molecule has 0 bridgehead atoms. The third-order valence-corrected chi connectivity index (χ3v) is 2.80. The largest absolute Gasteiger partial charge is 0.385 e. The van der Waals surface area contributed by atoms with Crippen molar-refractivity contribution in [3.63, 3.8) is 0 Å². The highest BCUT2D eigenvalue weighted by atomic mass is 16.5. The zero-order chi connectivity index (χ0) is 11.4. The molecule has 84 valence electrons. The second-order valence-corrected chi connectivity index (χ2v) is 3.89. The Morgan fingerprint density at radius 3 is 2.75 bits per heavy atom. The molecule has 0 spiro atoms. The zero-order valence-corrected chi connectivity index (χ0v) is 9.30. The molecule has 3 nitrogen and oxygen atoms in total. The molecule has 2 atom stereocenters. The lowest BCUT2D eigenvalue weighted by molar-refractivity contribution is -0.119. The number of methoxy groups -OCH3 is 1. The molecule has 2 rings (SSSR count). The van der Waals surface area contributed by atoms with E-state index < -0.39 is 0 Å². The molecular weight excluding hydrogens is 202 g/mol. The van der Waals surface area contributed by atoms with Gasteiger partial charge in [0.15, 0.2) is 5.78 Å². The zero-order valence-electron chi connectivity index (χ0n) is 9.30. The van der Waals surface area contributed by atoms with Gasteiger partial charge >= 0.3 is 0 Å². The Morgan fingerprint density at radius 1 is 1.31 bits per heavy atom. The number of Topliss-reactive ketones (excluding diaryl/α,β-unsaturated/α-hetero) is 1. The van der Waals surface area contributed by atoms with Crippen molar-refractivity contribution in [2.24, 2.45) is 4.99 Å². The summed E-state index contributed by atoms with van der Waals surface area (Å²) in [4.78, 5) is 16.3. The number of nitrogens with zero attached hydrogens (tertiary/aromatic N) is 1. The lowest BCUT2D eigenvalue weighted by atomic mass is 9.94. The van der Waals surface area contributed by atoms with Gasteiger partial charge in [0.25, 0.3) is 0 Å². The number of ketones is 1. The third-order valence-electron chi connectivity index (χ3n) is 2.80. The van der Waals surface area contributed by atoms with E-state index in [2.05, 4.69) is 4.99 Å². The summed E-state index contributed by atoms with van der Waals surface area (Å²) >= 11 is 0. The predicted molar refractivity (Wildman–Crippen MR) is 63.0 cm³/mol. The predicted octanol–water partition coefficient (Wildman–Crippen LogP) is 1.83. The van der Waals surface area contributed by atoms with Crippen LogP contribution < -0.4 is 0 Å². The van der Waals surface area contributed by atoms with Crippen molar-refractivity contribution in [1.29, 1.82) is 0 Å². The number of hydrogen-bond donors (Lipinski definition) is 0. The summed E-state index contributed by atoms with van der Waals surface area (Å²) in [5, 5.41) is 0. The van der Waals surface area contributed by atoms with E-state index in [9.17, 15) is 4.79 Å². The summed E-state index contributed by atoms with van der Waals surface area (Å²) < 4.78 is 4.97. The number of ether oxygens (including phenoxy) is 1. The minimum absolute atomic E-state index is 0.164. The van der Waals surface area contributed by atoms with Crippen molar-refractivity contribution in [3.05, 3.63) is 35.9 Å². The molecule has 0 N–H and O–H groups in total. The summed E-state index contributed by atoms with van der Waals surface area (Å²) in [5.41, 5.74) is 1.02. The maximum Gasteiger partial charge on any atom is 0.170 e. The summed E-state index contributed by atoms with van der Waals surface area (Å²) in [7, 11) is 1.64. The molecule has 1 aromatic rings. The lowest BCUT2D eigenvalue weighted by Gasteiger charge is -2.09. The van der Waals surface area contributed by atoms with Crippen molar-refractivity contribution in [3.8, 4) is 0 Å². The number of carbonyl (C=O) groups excluding carboxylic acids is 1. The molecule has 1 aliphatic heterocycles. The van der Waals surface area contributed by atoms with E-state index in [1.54, 1.807) is 13.3 Å². The van der Waals surface area contributed by atoms with Crippen molar-refractivity contribution < 1.29 is 9.53 Å². The van der Waals surface area contributed by atoms with Gasteiger partial charge in [0, 0.05) is 26.4 Å². The topological polar surface area (TPSA) is 38.7 Å². The molecule has 1 heterocycles. The molecular formula is C13H15NO2. The van der Waals surface area contributed by atoms with Crippen LogP contribution in [0.3, 0.4) is 0 Å². The monoisotopic (exact) mass is 217 g/mol. The van der Waals surface area contributed by atoms with Gasteiger partial charge in [-0.2, -0.15) is 0 Å². The van der Waals surface area contributed by atoms with Gasteiger partial charge in [-0.05, 0) is 5.56 Å². The highest BCUT2D eigenvalue weighted by molar-refractivity contribution is 6.07. The van der Waals surface area contributed by atoms with Gasteiger partial charge in [-0.3, -0.25) is 9.79 Å². The van der Waals surface area contributed by atoms with Gasteiger partial charge in [0.1, 0.15) is 6.04 Å². The molecule has 2 unspecified atom stereocenters. The lowest BCUT2D eigenvalue weighted by Crippen LogP contribution is -2.20. The van der Waals surface area contributed by atoms with E-state index in [1.807, 2.05) is 30.3 Å². The van der Waals surface area contributed by atoms with Crippen LogP contribution >= 0.6 is 0 Å². The number of carbonyl (C=O) groups is 1. The average molecular weight is 217 g/mol. The van der Waals surface area contributed by atoms with Crippen LogP contribution in [0, 0.1) is 0 Å². The van der Waals surface area contributed by atoms with E-state index in [4.69, 9.17) is 4.74 Å². The van der Waals surface area contributed by atoms with Gasteiger partial charge in [-0.25, -0.2) is 0 Å². The summed E-state index contributed by atoms with van der Waals surface area (Å²) in [6.07, 6.45) is 2.44. The fourth-order valence-corrected chi connectivity index (χ4v) is 1.90. The Bertz CT molecular complexity index is 386. The minimum Gasteiger partial charge on any atom is -0.385 e. The number of aliphatic imine (C=N–C) groups is 1. The van der Waals surface area contributed by atoms with Gasteiger partial charge in [0.2, 0.25) is 0 Å². The Kier molecular flexibility index (Phi) is 3.47. The molecule has 0 aromatic heterocycles. The van der Waals surface area contributed by atoms with E-state index >= 15 is 0 Å². The fourth-order valence-electron chi connectivity index (χ4n) is 1.90. The summed E-state index contributed by atoms with van der Waals surface area (Å²) in [6.45, 7) is 0.579. The van der Waals surface area contributed by atoms with E-state index in [-0.39, 0.29) is 17.7 Å². The average Bonchev–Trinajstić information content (AvgIpc) is 2.69. The van der Waals surface area contributed by atoms with Crippen LogP contribution in [0.25, 0.3) is 0 Å². The molecule has 0 saturated heterocycles. The quantitative estimate of drug-likeness (QED) is 0.771. The second kappa shape index (κ2) is 5.03. The summed E-state index contributed by atoms with van der Waals surface area (Å²) in [6, 6.07) is 9.55. The first-order valence-electron chi connectivity index (χ1n) is 5.44. The maximum atomic E-state index is 12.0. The van der Waals surface area contributed by atoms with Crippen LogP contribution in [0.5, 0.6) is 0 Å². The number of hydrogen-bond acceptors (Lipinski definition) is 3. The normalized spacial score (nSPS) is 23.9. The molecule has 0 saturated carbocycles. The highest BCUT2D eigenvalue weighted by Gasteiger charge is 2.31. The van der Waals surface area contributed by atoms with Crippen LogP contribution in [0.2, 0.25) is 0 Å². The Balaban J connectivity index is 2.06. The minimum atomic E-state index is -0.217. The smallest absolute Gasteiger partial charge is 0.170 e. The number of benzene rings is 1. The SMILES string of the molecule is COCCC1N=CC(c2ccccc2)C1=O. The standard InChI is InChI=1S/C13H15NO2/c1-16-8-7-12-13(15)11(9-14-12)10-5-3-2-4-6-10/h2-6,9,11-12H,7-8H2,1H3. The van der Waals surface area contributed by atoms with E-state index in [1.165, 1.54) is 0 Å². The molecule has 16 heavy (non-hydrogen) atoms. The van der Waals surface area contributed by atoms with Crippen molar-refractivity contribution in [2.45, 2.75) is 18.4 Å². The van der Waals surface area contributed by atoms with Crippen LogP contribution in [0.1, 0.15) is 17.9 Å². The number of rotatable bonds is 4. The molecule has 3 heteroatoms. The molecule has 0 fully saturated rings. The second-order valence-electron chi connectivity index (χ2n) is 3.89. The van der Waals surface area contributed by atoms with E-state index in [0.717, 1.165) is 5.56 Å². The molecule has 0 amide bonds. The maximum absolute atomic E-state index is 12.0.